The number of carbonyl (C=O) groups is 1. The average Bonchev–Trinajstić information content (AvgIpc) is 2.39. The lowest BCUT2D eigenvalue weighted by molar-refractivity contribution is 0.102. The summed E-state index contributed by atoms with van der Waals surface area (Å²) in [6.07, 6.45) is -0.210. The number of amides is 1. The van der Waals surface area contributed by atoms with Crippen LogP contribution in [-0.2, 0) is 0 Å². The maximum atomic E-state index is 11.8. The molecular formula is C11H11N5O. The lowest BCUT2D eigenvalue weighted by atomic mass is 10.2. The van der Waals surface area contributed by atoms with E-state index < -0.39 is 0 Å². The van der Waals surface area contributed by atoms with Crippen LogP contribution in [0.1, 0.15) is 11.7 Å². The second kappa shape index (κ2) is 5.02. The van der Waals surface area contributed by atoms with Crippen LogP contribution in [0, 0.1) is 0 Å². The van der Waals surface area contributed by atoms with Crippen LogP contribution >= 0.6 is 0 Å². The summed E-state index contributed by atoms with van der Waals surface area (Å²) in [5.41, 5.74) is 0.496. The number of benzene rings is 1. The molecule has 2 rings (SSSR count). The molecule has 0 aliphatic heterocycles. The van der Waals surface area contributed by atoms with Gasteiger partial charge in [-0.3, -0.25) is 10.1 Å². The number of hydrogen-bond donors (Lipinski definition) is 2. The highest BCUT2D eigenvalue weighted by atomic mass is 16.1. The van der Waals surface area contributed by atoms with Crippen molar-refractivity contribution < 1.29 is 6.17 Å². The predicted octanol–water partition coefficient (Wildman–Crippen LogP) is 1.17. The Hall–Kier alpha value is -2.50. The van der Waals surface area contributed by atoms with Gasteiger partial charge in [0.25, 0.3) is 5.91 Å². The summed E-state index contributed by atoms with van der Waals surface area (Å²) in [4.78, 5) is 23.2. The molecule has 0 fully saturated rings. The van der Waals surface area contributed by atoms with E-state index in [9.17, 15) is 4.79 Å². The molecule has 0 atom stereocenters. The Morgan fingerprint density at radius 2 is 1.94 bits per heavy atom. The normalized spacial score (nSPS) is 10.5. The third-order valence-corrected chi connectivity index (χ3v) is 2.01. The van der Waals surface area contributed by atoms with Crippen molar-refractivity contribution in [3.8, 4) is 0 Å². The summed E-state index contributed by atoms with van der Waals surface area (Å²) >= 11 is 0. The number of nitrogens with one attached hydrogen (secondary N) is 2. The first-order valence-corrected chi connectivity index (χ1v) is 4.96. The van der Waals surface area contributed by atoms with E-state index in [0.717, 1.165) is 0 Å². The van der Waals surface area contributed by atoms with Gasteiger partial charge in [-0.25, -0.2) is 9.97 Å². The van der Waals surface area contributed by atoms with Gasteiger partial charge in [-0.05, 0) is 12.1 Å². The van der Waals surface area contributed by atoms with Gasteiger partial charge in [0.05, 0.1) is 0 Å². The van der Waals surface area contributed by atoms with Gasteiger partial charge < -0.3 is 5.32 Å². The molecule has 0 unspecified atom stereocenters. The highest BCUT2D eigenvalue weighted by molar-refractivity contribution is 6.03. The number of hydrogen-bond acceptors (Lipinski definition) is 5. The lowest BCUT2D eigenvalue weighted by Gasteiger charge is -2.04. The Balaban J connectivity index is 2.19. The molecule has 0 saturated heterocycles. The third-order valence-electron chi connectivity index (χ3n) is 2.01. The quantitative estimate of drug-likeness (QED) is 0.828. The molecular weight excluding hydrogens is 218 g/mol. The molecule has 1 aromatic heterocycles. The van der Waals surface area contributed by atoms with Crippen molar-refractivity contribution in [2.75, 3.05) is 17.7 Å². The fourth-order valence-electron chi connectivity index (χ4n) is 1.20. The zero-order chi connectivity index (χ0) is 13.0. The van der Waals surface area contributed by atoms with Crippen LogP contribution in [0.3, 0.4) is 0 Å². The molecule has 2 N–H and O–H groups in total. The van der Waals surface area contributed by atoms with Crippen LogP contribution in [0.4, 0.5) is 11.9 Å². The maximum Gasteiger partial charge on any atom is 0.258 e. The van der Waals surface area contributed by atoms with E-state index in [-0.39, 0.29) is 24.1 Å². The molecule has 0 radical (unpaired) electrons. The van der Waals surface area contributed by atoms with Crippen LogP contribution in [-0.4, -0.2) is 27.9 Å². The number of rotatable bonds is 3. The molecule has 1 aromatic carbocycles. The molecule has 0 aliphatic rings. The average molecular weight is 231 g/mol. The van der Waals surface area contributed by atoms with Gasteiger partial charge in [-0.1, -0.05) is 18.2 Å². The molecule has 6 heteroatoms. The number of carbonyl (C=O) groups excluding carboxylic acids is 1. The van der Waals surface area contributed by atoms with Crippen molar-refractivity contribution in [1.29, 1.82) is 0 Å². The van der Waals surface area contributed by atoms with Crippen molar-refractivity contribution in [1.82, 2.24) is 15.0 Å². The highest BCUT2D eigenvalue weighted by Crippen LogP contribution is 2.04. The van der Waals surface area contributed by atoms with E-state index in [0.29, 0.717) is 5.56 Å². The molecule has 86 valence electrons. The minimum absolute atomic E-state index is 0.0493. The van der Waals surface area contributed by atoms with E-state index in [1.165, 1.54) is 0 Å². The second-order valence-electron chi connectivity index (χ2n) is 3.15. The summed E-state index contributed by atoms with van der Waals surface area (Å²) in [5, 5.41) is 5.20. The Morgan fingerprint density at radius 3 is 2.65 bits per heavy atom. The molecule has 0 saturated carbocycles. The Bertz CT molecular complexity index is 561. The van der Waals surface area contributed by atoms with Crippen molar-refractivity contribution in [2.24, 2.45) is 0 Å². The molecule has 6 nitrogen and oxygen atoms in total. The van der Waals surface area contributed by atoms with E-state index in [1.54, 1.807) is 31.3 Å². The van der Waals surface area contributed by atoms with Crippen molar-refractivity contribution in [3.63, 3.8) is 0 Å². The van der Waals surface area contributed by atoms with Gasteiger partial charge in [0.1, 0.15) is 7.67 Å². The summed E-state index contributed by atoms with van der Waals surface area (Å²) in [6.45, 7) is 0. The van der Waals surface area contributed by atoms with Crippen molar-refractivity contribution in [2.45, 2.75) is 0 Å². The minimum Gasteiger partial charge on any atom is -0.357 e. The Labute approximate surface area is 99.5 Å². The van der Waals surface area contributed by atoms with Crippen molar-refractivity contribution in [3.05, 3.63) is 42.2 Å². The molecule has 0 spiro atoms. The van der Waals surface area contributed by atoms with E-state index in [2.05, 4.69) is 25.6 Å². The molecule has 0 bridgehead atoms. The molecule has 1 heterocycles. The number of aromatic nitrogens is 3. The smallest absolute Gasteiger partial charge is 0.258 e. The summed E-state index contributed by atoms with van der Waals surface area (Å²) < 4.78 is 7.38. The summed E-state index contributed by atoms with van der Waals surface area (Å²) in [7, 11) is 1.62. The largest absolute Gasteiger partial charge is 0.357 e. The fraction of sp³-hybridized carbons (Fsp3) is 0.0909. The van der Waals surface area contributed by atoms with Gasteiger partial charge in [-0.2, -0.15) is 4.98 Å². The number of nitrogens with zero attached hydrogens (tertiary/aromatic N) is 3. The standard InChI is InChI=1S/C11H11N5O/c1-12-10-13-7-14-11(16-10)15-9(17)8-5-3-2-4-6-8/h2-7H,1H3,(H2,12,13,14,15,16,17)/i7T. The van der Waals surface area contributed by atoms with Gasteiger partial charge >= 0.3 is 0 Å². The van der Waals surface area contributed by atoms with E-state index in [1.807, 2.05) is 6.07 Å². The topological polar surface area (TPSA) is 79.8 Å². The lowest BCUT2D eigenvalue weighted by Crippen LogP contribution is -2.14. The van der Waals surface area contributed by atoms with Crippen molar-refractivity contribution >= 4 is 17.8 Å². The molecule has 1 amide bonds. The van der Waals surface area contributed by atoms with Crippen LogP contribution < -0.4 is 10.6 Å². The molecule has 2 aromatic rings. The minimum atomic E-state index is -0.330. The highest BCUT2D eigenvalue weighted by Gasteiger charge is 2.07. The first kappa shape index (κ1) is 9.71. The molecule has 17 heavy (non-hydrogen) atoms. The van der Waals surface area contributed by atoms with Crippen LogP contribution in [0.15, 0.2) is 36.6 Å². The Kier molecular flexibility index (Phi) is 2.87. The summed E-state index contributed by atoms with van der Waals surface area (Å²) in [6, 6.07) is 8.70. The first-order valence-electron chi connectivity index (χ1n) is 5.46. The number of anilines is 2. The van der Waals surface area contributed by atoms with Gasteiger partial charge in [0.2, 0.25) is 11.9 Å². The summed E-state index contributed by atoms with van der Waals surface area (Å²) in [5.74, 6) is -0.0465. The van der Waals surface area contributed by atoms with Gasteiger partial charge in [-0.15, -0.1) is 0 Å². The fourth-order valence-corrected chi connectivity index (χ4v) is 1.20. The SMILES string of the molecule is [3H]c1nc(NC)nc(NC(=O)c2ccccc2)n1. The monoisotopic (exact) mass is 231 g/mol. The van der Waals surface area contributed by atoms with Crippen LogP contribution in [0.25, 0.3) is 0 Å². The Morgan fingerprint density at radius 1 is 1.24 bits per heavy atom. The molecule has 0 aliphatic carbocycles. The zero-order valence-corrected chi connectivity index (χ0v) is 9.14. The van der Waals surface area contributed by atoms with Gasteiger partial charge in [0, 0.05) is 12.6 Å². The third kappa shape index (κ3) is 2.75. The van der Waals surface area contributed by atoms with E-state index >= 15 is 0 Å². The van der Waals surface area contributed by atoms with E-state index in [4.69, 9.17) is 1.37 Å². The van der Waals surface area contributed by atoms with Crippen LogP contribution in [0.2, 0.25) is 0 Å². The maximum absolute atomic E-state index is 11.8. The second-order valence-corrected chi connectivity index (χ2v) is 3.15. The van der Waals surface area contributed by atoms with Gasteiger partial charge in [0.15, 0.2) is 0 Å². The first-order chi connectivity index (χ1) is 8.69. The predicted molar refractivity (Wildman–Crippen MR) is 63.8 cm³/mol. The van der Waals surface area contributed by atoms with Crippen LogP contribution in [0.5, 0.6) is 0 Å². The zero-order valence-electron chi connectivity index (χ0n) is 10.1.